The van der Waals surface area contributed by atoms with Gasteiger partial charge in [-0.3, -0.25) is 4.90 Å². The Morgan fingerprint density at radius 3 is 2.60 bits per heavy atom. The highest BCUT2D eigenvalue weighted by atomic mass is 15.1. The minimum absolute atomic E-state index is 0.910. The zero-order valence-corrected chi connectivity index (χ0v) is 10.1. The Balaban J connectivity index is 2.42. The Kier molecular flexibility index (Phi) is 5.41. The van der Waals surface area contributed by atoms with Crippen LogP contribution in [0.25, 0.3) is 0 Å². The SMILES string of the molecule is C=C/C(=C\C=C/C)CN1CCC(C)CC1. The summed E-state index contributed by atoms with van der Waals surface area (Å²) in [5.74, 6) is 0.910. The van der Waals surface area contributed by atoms with Crippen LogP contribution in [-0.4, -0.2) is 24.5 Å². The summed E-state index contributed by atoms with van der Waals surface area (Å²) in [5, 5.41) is 0. The van der Waals surface area contributed by atoms with Gasteiger partial charge in [0.05, 0.1) is 0 Å². The van der Waals surface area contributed by atoms with E-state index in [2.05, 4.69) is 36.6 Å². The van der Waals surface area contributed by atoms with Crippen molar-refractivity contribution in [1.82, 2.24) is 4.90 Å². The molecule has 0 saturated carbocycles. The van der Waals surface area contributed by atoms with E-state index in [1.165, 1.54) is 31.5 Å². The normalized spacial score (nSPS) is 21.1. The van der Waals surface area contributed by atoms with Gasteiger partial charge in [-0.05, 0) is 44.3 Å². The van der Waals surface area contributed by atoms with Gasteiger partial charge in [0.25, 0.3) is 0 Å². The lowest BCUT2D eigenvalue weighted by atomic mass is 9.99. The van der Waals surface area contributed by atoms with E-state index in [1.54, 1.807) is 0 Å². The van der Waals surface area contributed by atoms with Crippen LogP contribution in [-0.2, 0) is 0 Å². The van der Waals surface area contributed by atoms with Crippen LogP contribution in [0.1, 0.15) is 26.7 Å². The zero-order chi connectivity index (χ0) is 11.1. The molecule has 1 fully saturated rings. The quantitative estimate of drug-likeness (QED) is 0.636. The highest BCUT2D eigenvalue weighted by molar-refractivity contribution is 5.23. The van der Waals surface area contributed by atoms with E-state index in [4.69, 9.17) is 0 Å². The van der Waals surface area contributed by atoms with Gasteiger partial charge < -0.3 is 0 Å². The lowest BCUT2D eigenvalue weighted by Gasteiger charge is -2.30. The number of hydrogen-bond acceptors (Lipinski definition) is 1. The molecule has 0 radical (unpaired) electrons. The summed E-state index contributed by atoms with van der Waals surface area (Å²) in [6.07, 6.45) is 11.0. The number of rotatable bonds is 4. The Labute approximate surface area is 94.2 Å². The monoisotopic (exact) mass is 205 g/mol. The molecular formula is C14H23N. The maximum absolute atomic E-state index is 3.87. The van der Waals surface area contributed by atoms with E-state index in [9.17, 15) is 0 Å². The minimum atomic E-state index is 0.910. The molecule has 0 aliphatic carbocycles. The van der Waals surface area contributed by atoms with Gasteiger partial charge in [0.2, 0.25) is 0 Å². The minimum Gasteiger partial charge on any atom is -0.299 e. The average Bonchev–Trinajstić information content (AvgIpc) is 2.27. The molecule has 0 amide bonds. The van der Waals surface area contributed by atoms with Gasteiger partial charge in [-0.2, -0.15) is 0 Å². The molecule has 1 aliphatic rings. The van der Waals surface area contributed by atoms with Crippen molar-refractivity contribution in [3.8, 4) is 0 Å². The summed E-state index contributed by atoms with van der Waals surface area (Å²) in [6.45, 7) is 11.8. The second kappa shape index (κ2) is 6.62. The second-order valence-corrected chi connectivity index (χ2v) is 4.43. The average molecular weight is 205 g/mol. The topological polar surface area (TPSA) is 3.24 Å². The van der Waals surface area contributed by atoms with Crippen molar-refractivity contribution in [2.45, 2.75) is 26.7 Å². The smallest absolute Gasteiger partial charge is 0.0233 e. The van der Waals surface area contributed by atoms with Gasteiger partial charge in [0, 0.05) is 6.54 Å². The summed E-state index contributed by atoms with van der Waals surface area (Å²) in [7, 11) is 0. The molecular weight excluding hydrogens is 182 g/mol. The molecule has 0 aromatic carbocycles. The molecule has 0 unspecified atom stereocenters. The Hall–Kier alpha value is -0.820. The molecule has 1 saturated heterocycles. The lowest BCUT2D eigenvalue weighted by Crippen LogP contribution is -2.34. The summed E-state index contributed by atoms with van der Waals surface area (Å²) in [4.78, 5) is 2.52. The van der Waals surface area contributed by atoms with Crippen LogP contribution in [0.15, 0.2) is 36.5 Å². The molecule has 1 rings (SSSR count). The van der Waals surface area contributed by atoms with E-state index in [0.29, 0.717) is 0 Å². The maximum Gasteiger partial charge on any atom is 0.0233 e. The third-order valence-corrected chi connectivity index (χ3v) is 3.05. The molecule has 84 valence electrons. The lowest BCUT2D eigenvalue weighted by molar-refractivity contribution is 0.207. The van der Waals surface area contributed by atoms with Crippen LogP contribution >= 0.6 is 0 Å². The first-order valence-electron chi connectivity index (χ1n) is 5.93. The molecule has 0 spiro atoms. The first-order valence-corrected chi connectivity index (χ1v) is 5.93. The predicted octanol–water partition coefficient (Wildman–Crippen LogP) is 3.41. The Morgan fingerprint density at radius 1 is 1.40 bits per heavy atom. The molecule has 1 aliphatic heterocycles. The summed E-state index contributed by atoms with van der Waals surface area (Å²) in [5.41, 5.74) is 1.32. The van der Waals surface area contributed by atoms with E-state index in [1.807, 2.05) is 13.0 Å². The van der Waals surface area contributed by atoms with E-state index >= 15 is 0 Å². The summed E-state index contributed by atoms with van der Waals surface area (Å²) < 4.78 is 0. The van der Waals surface area contributed by atoms with Gasteiger partial charge in [-0.15, -0.1) is 0 Å². The van der Waals surface area contributed by atoms with Crippen molar-refractivity contribution in [3.05, 3.63) is 36.5 Å². The van der Waals surface area contributed by atoms with Crippen molar-refractivity contribution < 1.29 is 0 Å². The number of likely N-dealkylation sites (tertiary alicyclic amines) is 1. The third kappa shape index (κ3) is 4.48. The molecule has 15 heavy (non-hydrogen) atoms. The fraction of sp³-hybridized carbons (Fsp3) is 0.571. The van der Waals surface area contributed by atoms with Crippen molar-refractivity contribution in [2.24, 2.45) is 5.92 Å². The van der Waals surface area contributed by atoms with Crippen LogP contribution in [0, 0.1) is 5.92 Å². The highest BCUT2D eigenvalue weighted by Gasteiger charge is 2.15. The molecule has 0 bridgehead atoms. The van der Waals surface area contributed by atoms with Crippen molar-refractivity contribution in [3.63, 3.8) is 0 Å². The van der Waals surface area contributed by atoms with Gasteiger partial charge in [-0.25, -0.2) is 0 Å². The molecule has 1 nitrogen and oxygen atoms in total. The molecule has 0 atom stereocenters. The molecule has 1 heterocycles. The van der Waals surface area contributed by atoms with Gasteiger partial charge in [-0.1, -0.05) is 37.8 Å². The maximum atomic E-state index is 3.87. The third-order valence-electron chi connectivity index (χ3n) is 3.05. The fourth-order valence-corrected chi connectivity index (χ4v) is 1.88. The van der Waals surface area contributed by atoms with Crippen LogP contribution in [0.5, 0.6) is 0 Å². The number of nitrogens with zero attached hydrogens (tertiary/aromatic N) is 1. The van der Waals surface area contributed by atoms with Crippen molar-refractivity contribution >= 4 is 0 Å². The van der Waals surface area contributed by atoms with Gasteiger partial charge >= 0.3 is 0 Å². The van der Waals surface area contributed by atoms with Crippen LogP contribution in [0.4, 0.5) is 0 Å². The second-order valence-electron chi connectivity index (χ2n) is 4.43. The fourth-order valence-electron chi connectivity index (χ4n) is 1.88. The van der Waals surface area contributed by atoms with Crippen LogP contribution in [0.2, 0.25) is 0 Å². The standard InChI is InChI=1S/C14H23N/c1-4-6-7-14(5-2)12-15-10-8-13(3)9-11-15/h4-7,13H,2,8-12H2,1,3H3/b6-4-,14-7+. The van der Waals surface area contributed by atoms with Gasteiger partial charge in [0.1, 0.15) is 0 Å². The molecule has 0 aromatic rings. The Morgan fingerprint density at radius 2 is 2.07 bits per heavy atom. The van der Waals surface area contributed by atoms with E-state index < -0.39 is 0 Å². The highest BCUT2D eigenvalue weighted by Crippen LogP contribution is 2.17. The Bertz CT molecular complexity index is 242. The van der Waals surface area contributed by atoms with E-state index in [0.717, 1.165) is 12.5 Å². The van der Waals surface area contributed by atoms with Gasteiger partial charge in [0.15, 0.2) is 0 Å². The molecule has 1 heteroatoms. The molecule has 0 aromatic heterocycles. The molecule has 0 N–H and O–H groups in total. The zero-order valence-electron chi connectivity index (χ0n) is 10.1. The first kappa shape index (κ1) is 12.3. The summed E-state index contributed by atoms with van der Waals surface area (Å²) >= 11 is 0. The van der Waals surface area contributed by atoms with Crippen molar-refractivity contribution in [1.29, 1.82) is 0 Å². The first-order chi connectivity index (χ1) is 7.26. The number of allylic oxidation sites excluding steroid dienone is 3. The van der Waals surface area contributed by atoms with Crippen LogP contribution in [0.3, 0.4) is 0 Å². The largest absolute Gasteiger partial charge is 0.299 e. The number of hydrogen-bond donors (Lipinski definition) is 0. The summed E-state index contributed by atoms with van der Waals surface area (Å²) in [6, 6.07) is 0. The predicted molar refractivity (Wildman–Crippen MR) is 67.9 cm³/mol. The van der Waals surface area contributed by atoms with E-state index in [-0.39, 0.29) is 0 Å². The van der Waals surface area contributed by atoms with Crippen molar-refractivity contribution in [2.75, 3.05) is 19.6 Å². The van der Waals surface area contributed by atoms with Crippen LogP contribution < -0.4 is 0 Å². The number of piperidine rings is 1.